The number of carbonyl (C=O) groups is 1. The molecule has 2 aromatic heterocycles. The molecule has 0 saturated carbocycles. The molecule has 4 rings (SSSR count). The quantitative estimate of drug-likeness (QED) is 0.321. The summed E-state index contributed by atoms with van der Waals surface area (Å²) in [7, 11) is 1.61. The Morgan fingerprint density at radius 2 is 1.66 bits per heavy atom. The summed E-state index contributed by atoms with van der Waals surface area (Å²) in [5.41, 5.74) is -0.567. The summed E-state index contributed by atoms with van der Waals surface area (Å²) in [6.45, 7) is -0.299. The number of pyridine rings is 1. The molecule has 0 unspecified atom stereocenters. The van der Waals surface area contributed by atoms with E-state index in [4.69, 9.17) is 16.3 Å². The van der Waals surface area contributed by atoms with Gasteiger partial charge < -0.3 is 14.6 Å². The molecular weight excluding hydrogens is 516 g/mol. The van der Waals surface area contributed by atoms with E-state index in [9.17, 15) is 24.1 Å². The molecular formula is C25H21ClN6O6. The molecule has 4 aromatic rings. The van der Waals surface area contributed by atoms with Gasteiger partial charge in [0.25, 0.3) is 11.5 Å². The van der Waals surface area contributed by atoms with Crippen LogP contribution in [0.3, 0.4) is 0 Å². The highest BCUT2D eigenvalue weighted by atomic mass is 35.5. The molecule has 194 valence electrons. The molecule has 2 heterocycles. The lowest BCUT2D eigenvalue weighted by atomic mass is 10.2. The Morgan fingerprint density at radius 1 is 0.974 bits per heavy atom. The van der Waals surface area contributed by atoms with Gasteiger partial charge in [0.2, 0.25) is 5.95 Å². The fourth-order valence-electron chi connectivity index (χ4n) is 3.48. The van der Waals surface area contributed by atoms with E-state index < -0.39 is 23.7 Å². The summed E-state index contributed by atoms with van der Waals surface area (Å²) >= 11 is 5.96. The van der Waals surface area contributed by atoms with Crippen LogP contribution in [0.4, 0.5) is 11.6 Å². The SMILES string of the molecule is Cn1cc(Oc2ccc(Nc3nc(=O)n(CCC(=O)N=O)c(=O)n3Cc3ccc(Cl)cc3)cc2)ccc1=O. The number of rotatable bonds is 9. The predicted molar refractivity (Wildman–Crippen MR) is 140 cm³/mol. The molecule has 0 aliphatic heterocycles. The maximum absolute atomic E-state index is 13.2. The molecule has 0 spiro atoms. The van der Waals surface area contributed by atoms with Gasteiger partial charge in [0.1, 0.15) is 11.5 Å². The first kappa shape index (κ1) is 26.2. The molecule has 2 aromatic carbocycles. The predicted octanol–water partition coefficient (Wildman–Crippen LogP) is 3.02. The average molecular weight is 537 g/mol. The Bertz CT molecular complexity index is 1660. The zero-order valence-electron chi connectivity index (χ0n) is 20.0. The molecule has 1 N–H and O–H groups in total. The van der Waals surface area contributed by atoms with Gasteiger partial charge in [-0.1, -0.05) is 23.7 Å². The van der Waals surface area contributed by atoms with Gasteiger partial charge >= 0.3 is 11.4 Å². The van der Waals surface area contributed by atoms with Crippen molar-refractivity contribution in [2.45, 2.75) is 19.5 Å². The fourth-order valence-corrected chi connectivity index (χ4v) is 3.61. The van der Waals surface area contributed by atoms with E-state index >= 15 is 0 Å². The molecule has 0 radical (unpaired) electrons. The zero-order valence-corrected chi connectivity index (χ0v) is 20.8. The zero-order chi connectivity index (χ0) is 27.2. The van der Waals surface area contributed by atoms with E-state index in [0.29, 0.717) is 27.8 Å². The second-order valence-electron chi connectivity index (χ2n) is 8.17. The van der Waals surface area contributed by atoms with Crippen LogP contribution in [0.15, 0.2) is 86.4 Å². The molecule has 1 amide bonds. The highest BCUT2D eigenvalue weighted by molar-refractivity contribution is 6.30. The number of hydrogen-bond acceptors (Lipinski definition) is 8. The minimum atomic E-state index is -0.984. The van der Waals surface area contributed by atoms with Gasteiger partial charge in [-0.05, 0) is 48.0 Å². The number of nitrogens with one attached hydrogen (secondary N) is 1. The van der Waals surface area contributed by atoms with Gasteiger partial charge in [0, 0.05) is 41.7 Å². The number of aryl methyl sites for hydroxylation is 1. The maximum atomic E-state index is 13.2. The van der Waals surface area contributed by atoms with E-state index in [1.807, 2.05) is 0 Å². The average Bonchev–Trinajstić information content (AvgIpc) is 2.90. The lowest BCUT2D eigenvalue weighted by Gasteiger charge is -2.16. The van der Waals surface area contributed by atoms with E-state index in [2.05, 4.69) is 15.5 Å². The number of nitroso groups, excluding NO2 is 1. The lowest BCUT2D eigenvalue weighted by molar-refractivity contribution is -0.118. The van der Waals surface area contributed by atoms with Crippen molar-refractivity contribution >= 4 is 29.1 Å². The standard InChI is InChI=1S/C25H21ClN6O6/c1-30-15-20(10-11-22(30)34)38-19-8-6-18(7-9-19)27-23-28-24(35)31(13-12-21(33)29-37)25(36)32(23)14-16-2-4-17(26)5-3-16/h2-11,15H,12-14H2,1H3,(H,27,28,35). The molecule has 0 bridgehead atoms. The molecule has 0 saturated heterocycles. The number of carbonyl (C=O) groups excluding carboxylic acids is 1. The third-order valence-electron chi connectivity index (χ3n) is 5.46. The normalized spacial score (nSPS) is 10.7. The highest BCUT2D eigenvalue weighted by Gasteiger charge is 2.15. The van der Waals surface area contributed by atoms with Crippen LogP contribution in [-0.4, -0.2) is 24.6 Å². The minimum Gasteiger partial charge on any atom is -0.456 e. The van der Waals surface area contributed by atoms with Crippen LogP contribution < -0.4 is 27.0 Å². The number of hydrogen-bond donors (Lipinski definition) is 1. The number of anilines is 2. The van der Waals surface area contributed by atoms with Gasteiger partial charge in [-0.2, -0.15) is 4.98 Å². The topological polar surface area (TPSA) is 147 Å². The summed E-state index contributed by atoms with van der Waals surface area (Å²) in [5.74, 6) is -0.0525. The Labute approximate surface area is 219 Å². The van der Waals surface area contributed by atoms with Crippen molar-refractivity contribution in [3.05, 3.63) is 114 Å². The van der Waals surface area contributed by atoms with Gasteiger partial charge in [-0.3, -0.25) is 14.2 Å². The van der Waals surface area contributed by atoms with E-state index in [1.165, 1.54) is 15.2 Å². The number of halogens is 1. The molecule has 13 heteroatoms. The van der Waals surface area contributed by atoms with Crippen molar-refractivity contribution in [2.75, 3.05) is 5.32 Å². The van der Waals surface area contributed by atoms with Crippen LogP contribution >= 0.6 is 11.6 Å². The Morgan fingerprint density at radius 3 is 2.32 bits per heavy atom. The van der Waals surface area contributed by atoms with Crippen LogP contribution in [0.5, 0.6) is 11.5 Å². The van der Waals surface area contributed by atoms with Crippen molar-refractivity contribution in [3.8, 4) is 11.5 Å². The van der Waals surface area contributed by atoms with Crippen LogP contribution in [0.2, 0.25) is 5.02 Å². The fraction of sp³-hybridized carbons (Fsp3) is 0.160. The Hall–Kier alpha value is -4.84. The van der Waals surface area contributed by atoms with Gasteiger partial charge in [0.15, 0.2) is 0 Å². The first-order valence-corrected chi connectivity index (χ1v) is 11.7. The van der Waals surface area contributed by atoms with Crippen molar-refractivity contribution in [3.63, 3.8) is 0 Å². The summed E-state index contributed by atoms with van der Waals surface area (Å²) < 4.78 is 9.16. The van der Waals surface area contributed by atoms with Crippen molar-refractivity contribution in [1.29, 1.82) is 0 Å². The van der Waals surface area contributed by atoms with E-state index in [1.54, 1.807) is 67.8 Å². The first-order valence-electron chi connectivity index (χ1n) is 11.3. The number of nitrogens with zero attached hydrogens (tertiary/aromatic N) is 5. The van der Waals surface area contributed by atoms with Crippen LogP contribution in [0, 0.1) is 4.91 Å². The first-order chi connectivity index (χ1) is 18.2. The van der Waals surface area contributed by atoms with Crippen molar-refractivity contribution in [2.24, 2.45) is 12.2 Å². The second-order valence-corrected chi connectivity index (χ2v) is 8.60. The monoisotopic (exact) mass is 536 g/mol. The third-order valence-corrected chi connectivity index (χ3v) is 5.71. The molecule has 38 heavy (non-hydrogen) atoms. The van der Waals surface area contributed by atoms with Gasteiger partial charge in [-0.25, -0.2) is 14.2 Å². The smallest absolute Gasteiger partial charge is 0.354 e. The largest absolute Gasteiger partial charge is 0.456 e. The summed E-state index contributed by atoms with van der Waals surface area (Å²) in [6.07, 6.45) is 1.15. The van der Waals surface area contributed by atoms with E-state index in [0.717, 1.165) is 4.57 Å². The summed E-state index contributed by atoms with van der Waals surface area (Å²) in [6, 6.07) is 16.4. The minimum absolute atomic E-state index is 0.0298. The summed E-state index contributed by atoms with van der Waals surface area (Å²) in [4.78, 5) is 63.2. The highest BCUT2D eigenvalue weighted by Crippen LogP contribution is 2.23. The molecule has 0 fully saturated rings. The number of aromatic nitrogens is 4. The van der Waals surface area contributed by atoms with Crippen molar-refractivity contribution < 1.29 is 9.53 Å². The van der Waals surface area contributed by atoms with Crippen LogP contribution in [0.1, 0.15) is 12.0 Å². The van der Waals surface area contributed by atoms with Crippen LogP contribution in [0.25, 0.3) is 0 Å². The molecule has 12 nitrogen and oxygen atoms in total. The molecule has 0 atom stereocenters. The molecule has 0 aliphatic carbocycles. The Balaban J connectivity index is 1.63. The third kappa shape index (κ3) is 6.28. The van der Waals surface area contributed by atoms with E-state index in [-0.39, 0.29) is 24.6 Å². The number of amides is 1. The number of ether oxygens (including phenoxy) is 1. The second kappa shape index (κ2) is 11.5. The lowest BCUT2D eigenvalue weighted by Crippen LogP contribution is -2.43. The molecule has 0 aliphatic rings. The summed E-state index contributed by atoms with van der Waals surface area (Å²) in [5, 5.41) is 5.78. The Kier molecular flexibility index (Phi) is 7.92. The maximum Gasteiger partial charge on any atom is 0.354 e. The van der Waals surface area contributed by atoms with Crippen molar-refractivity contribution in [1.82, 2.24) is 18.7 Å². The van der Waals surface area contributed by atoms with Gasteiger partial charge in [-0.15, -0.1) is 4.91 Å². The number of benzene rings is 2. The van der Waals surface area contributed by atoms with Crippen LogP contribution in [-0.2, 0) is 24.9 Å². The van der Waals surface area contributed by atoms with Gasteiger partial charge in [0.05, 0.1) is 13.0 Å².